The van der Waals surface area contributed by atoms with E-state index in [0.717, 1.165) is 25.7 Å². The van der Waals surface area contributed by atoms with Crippen molar-refractivity contribution in [3.05, 3.63) is 18.3 Å². The van der Waals surface area contributed by atoms with Crippen LogP contribution < -0.4 is 14.2 Å². The fourth-order valence-corrected chi connectivity index (χ4v) is 2.75. The van der Waals surface area contributed by atoms with Crippen LogP contribution in [0.25, 0.3) is 11.0 Å². The summed E-state index contributed by atoms with van der Waals surface area (Å²) in [5.41, 5.74) is 1.37. The second-order valence-electron chi connectivity index (χ2n) is 5.41. The molecule has 1 N–H and O–H groups in total. The molecule has 1 heterocycles. The minimum Gasteiger partial charge on any atom is -0.493 e. The molecule has 3 rings (SSSR count). The quantitative estimate of drug-likeness (QED) is 0.934. The van der Waals surface area contributed by atoms with Crippen LogP contribution >= 0.6 is 0 Å². The molecular formula is C16H20N2O4. The molecule has 0 saturated heterocycles. The van der Waals surface area contributed by atoms with Gasteiger partial charge in [0.1, 0.15) is 6.10 Å². The lowest BCUT2D eigenvalue weighted by atomic mass is 9.95. The summed E-state index contributed by atoms with van der Waals surface area (Å²) in [5.74, 6) is 1.63. The Kier molecular flexibility index (Phi) is 4.29. The number of aromatic nitrogens is 2. The maximum absolute atomic E-state index is 9.98. The van der Waals surface area contributed by atoms with Crippen LogP contribution in [-0.2, 0) is 0 Å². The molecule has 118 valence electrons. The lowest BCUT2D eigenvalue weighted by molar-refractivity contribution is 0.00450. The fourth-order valence-electron chi connectivity index (χ4n) is 2.75. The number of hydrogen-bond donors (Lipinski definition) is 1. The molecule has 1 aromatic heterocycles. The number of aliphatic hydroxyl groups is 1. The van der Waals surface area contributed by atoms with Gasteiger partial charge in [0.2, 0.25) is 5.88 Å². The van der Waals surface area contributed by atoms with Crippen LogP contribution in [0.1, 0.15) is 25.7 Å². The van der Waals surface area contributed by atoms with Crippen molar-refractivity contribution in [1.82, 2.24) is 9.97 Å². The molecular weight excluding hydrogens is 284 g/mol. The molecule has 1 saturated carbocycles. The normalized spacial score (nSPS) is 21.6. The first kappa shape index (κ1) is 14.8. The van der Waals surface area contributed by atoms with E-state index in [9.17, 15) is 5.11 Å². The Bertz CT molecular complexity index is 662. The molecule has 2 aromatic rings. The molecule has 1 fully saturated rings. The van der Waals surface area contributed by atoms with Crippen LogP contribution in [0.2, 0.25) is 0 Å². The molecule has 2 unspecified atom stereocenters. The Morgan fingerprint density at radius 2 is 1.73 bits per heavy atom. The predicted molar refractivity (Wildman–Crippen MR) is 81.5 cm³/mol. The van der Waals surface area contributed by atoms with E-state index in [-0.39, 0.29) is 6.10 Å². The summed E-state index contributed by atoms with van der Waals surface area (Å²) in [5, 5.41) is 9.98. The van der Waals surface area contributed by atoms with Gasteiger partial charge in [0.25, 0.3) is 0 Å². The predicted octanol–water partition coefficient (Wildman–Crippen LogP) is 2.33. The van der Waals surface area contributed by atoms with Crippen molar-refractivity contribution < 1.29 is 19.3 Å². The van der Waals surface area contributed by atoms with Crippen molar-refractivity contribution in [3.8, 4) is 17.4 Å². The summed E-state index contributed by atoms with van der Waals surface area (Å²) < 4.78 is 16.3. The van der Waals surface area contributed by atoms with Gasteiger partial charge in [-0.2, -0.15) is 0 Å². The van der Waals surface area contributed by atoms with E-state index < -0.39 is 6.10 Å². The SMILES string of the molecule is COc1cc2ncc(OC3CCCCC3O)nc2cc1OC. The Labute approximate surface area is 129 Å². The van der Waals surface area contributed by atoms with Gasteiger partial charge < -0.3 is 19.3 Å². The number of rotatable bonds is 4. The largest absolute Gasteiger partial charge is 0.493 e. The maximum Gasteiger partial charge on any atom is 0.233 e. The second kappa shape index (κ2) is 6.36. The lowest BCUT2D eigenvalue weighted by Gasteiger charge is -2.27. The summed E-state index contributed by atoms with van der Waals surface area (Å²) in [6, 6.07) is 3.55. The van der Waals surface area contributed by atoms with Crippen molar-refractivity contribution in [1.29, 1.82) is 0 Å². The van der Waals surface area contributed by atoms with Gasteiger partial charge in [0, 0.05) is 12.1 Å². The van der Waals surface area contributed by atoms with Crippen molar-refractivity contribution in [2.75, 3.05) is 14.2 Å². The molecule has 1 aromatic carbocycles. The third-order valence-electron chi connectivity index (χ3n) is 3.97. The van der Waals surface area contributed by atoms with Crippen molar-refractivity contribution in [3.63, 3.8) is 0 Å². The highest BCUT2D eigenvalue weighted by atomic mass is 16.5. The zero-order chi connectivity index (χ0) is 15.5. The minimum absolute atomic E-state index is 0.208. The molecule has 22 heavy (non-hydrogen) atoms. The third-order valence-corrected chi connectivity index (χ3v) is 3.97. The number of nitrogens with zero attached hydrogens (tertiary/aromatic N) is 2. The fraction of sp³-hybridized carbons (Fsp3) is 0.500. The van der Waals surface area contributed by atoms with Crippen molar-refractivity contribution in [2.45, 2.75) is 37.9 Å². The molecule has 1 aliphatic carbocycles. The highest BCUT2D eigenvalue weighted by Gasteiger charge is 2.25. The lowest BCUT2D eigenvalue weighted by Crippen LogP contribution is -2.34. The first-order valence-corrected chi connectivity index (χ1v) is 7.44. The monoisotopic (exact) mass is 304 g/mol. The van der Waals surface area contributed by atoms with E-state index in [1.165, 1.54) is 0 Å². The molecule has 6 heteroatoms. The molecule has 0 amide bonds. The number of hydrogen-bond acceptors (Lipinski definition) is 6. The van der Waals surface area contributed by atoms with E-state index in [1.54, 1.807) is 32.5 Å². The number of aliphatic hydroxyl groups excluding tert-OH is 1. The van der Waals surface area contributed by atoms with Gasteiger partial charge in [-0.15, -0.1) is 0 Å². The van der Waals surface area contributed by atoms with Gasteiger partial charge in [-0.3, -0.25) is 0 Å². The number of ether oxygens (including phenoxy) is 3. The van der Waals surface area contributed by atoms with Crippen LogP contribution in [0.5, 0.6) is 17.4 Å². The Morgan fingerprint density at radius 3 is 2.41 bits per heavy atom. The summed E-state index contributed by atoms with van der Waals surface area (Å²) >= 11 is 0. The highest BCUT2D eigenvalue weighted by molar-refractivity contribution is 5.79. The first-order valence-electron chi connectivity index (χ1n) is 7.44. The number of fused-ring (bicyclic) bond motifs is 1. The van der Waals surface area contributed by atoms with E-state index in [1.807, 2.05) is 0 Å². The van der Waals surface area contributed by atoms with Crippen LogP contribution in [0.15, 0.2) is 18.3 Å². The van der Waals surface area contributed by atoms with E-state index in [2.05, 4.69) is 9.97 Å². The Balaban J connectivity index is 1.88. The smallest absolute Gasteiger partial charge is 0.233 e. The van der Waals surface area contributed by atoms with E-state index >= 15 is 0 Å². The molecule has 1 aliphatic rings. The maximum atomic E-state index is 9.98. The molecule has 0 bridgehead atoms. The van der Waals surface area contributed by atoms with Crippen molar-refractivity contribution in [2.24, 2.45) is 0 Å². The number of benzene rings is 1. The number of methoxy groups -OCH3 is 2. The molecule has 0 radical (unpaired) electrons. The van der Waals surface area contributed by atoms with Gasteiger partial charge >= 0.3 is 0 Å². The van der Waals surface area contributed by atoms with E-state index in [0.29, 0.717) is 28.4 Å². The molecule has 0 spiro atoms. The van der Waals surface area contributed by atoms with Crippen molar-refractivity contribution >= 4 is 11.0 Å². The first-order chi connectivity index (χ1) is 10.7. The summed E-state index contributed by atoms with van der Waals surface area (Å²) in [4.78, 5) is 8.81. The topological polar surface area (TPSA) is 73.7 Å². The second-order valence-corrected chi connectivity index (χ2v) is 5.41. The third kappa shape index (κ3) is 2.92. The summed E-state index contributed by atoms with van der Waals surface area (Å²) in [6.07, 6.45) is 4.66. The van der Waals surface area contributed by atoms with Crippen LogP contribution in [0, 0.1) is 0 Å². The average molecular weight is 304 g/mol. The highest BCUT2D eigenvalue weighted by Crippen LogP contribution is 2.31. The summed E-state index contributed by atoms with van der Waals surface area (Å²) in [6.45, 7) is 0. The van der Waals surface area contributed by atoms with E-state index in [4.69, 9.17) is 14.2 Å². The standard InChI is InChI=1S/C16H20N2O4/c1-20-14-7-10-11(8-15(14)21-2)18-16(9-17-10)22-13-6-4-3-5-12(13)19/h7-9,12-13,19H,3-6H2,1-2H3. The van der Waals surface area contributed by atoms with Gasteiger partial charge in [-0.25, -0.2) is 9.97 Å². The van der Waals surface area contributed by atoms with Crippen LogP contribution in [-0.4, -0.2) is 41.5 Å². The van der Waals surface area contributed by atoms with Gasteiger partial charge in [0.05, 0.1) is 37.6 Å². The van der Waals surface area contributed by atoms with Gasteiger partial charge in [0.15, 0.2) is 11.5 Å². The molecule has 2 atom stereocenters. The zero-order valence-electron chi connectivity index (χ0n) is 12.8. The van der Waals surface area contributed by atoms with Gasteiger partial charge in [-0.05, 0) is 19.3 Å². The van der Waals surface area contributed by atoms with Gasteiger partial charge in [-0.1, -0.05) is 6.42 Å². The summed E-state index contributed by atoms with van der Waals surface area (Å²) in [7, 11) is 3.16. The zero-order valence-corrected chi connectivity index (χ0v) is 12.8. The van der Waals surface area contributed by atoms with Crippen LogP contribution in [0.3, 0.4) is 0 Å². The Hall–Kier alpha value is -2.08. The molecule has 6 nitrogen and oxygen atoms in total. The molecule has 0 aliphatic heterocycles. The average Bonchev–Trinajstić information content (AvgIpc) is 2.55. The Morgan fingerprint density at radius 1 is 1.05 bits per heavy atom. The van der Waals surface area contributed by atoms with Crippen LogP contribution in [0.4, 0.5) is 0 Å². The minimum atomic E-state index is -0.434.